The molecule has 0 unspecified atom stereocenters. The van der Waals surface area contributed by atoms with E-state index in [-0.39, 0.29) is 29.2 Å². The van der Waals surface area contributed by atoms with Crippen LogP contribution in [0.25, 0.3) is 11.0 Å². The molecule has 8 heteroatoms. The number of halogens is 1. The van der Waals surface area contributed by atoms with Gasteiger partial charge in [0.1, 0.15) is 23.1 Å². The van der Waals surface area contributed by atoms with Gasteiger partial charge in [-0.05, 0) is 48.7 Å². The second-order valence-corrected chi connectivity index (χ2v) is 8.31. The molecular weight excluding hydrogens is 409 g/mol. The highest BCUT2D eigenvalue weighted by Gasteiger charge is 2.32. The summed E-state index contributed by atoms with van der Waals surface area (Å²) < 4.78 is 14.7. The number of nitrogens with zero attached hydrogens (tertiary/aromatic N) is 5. The van der Waals surface area contributed by atoms with Gasteiger partial charge in [0.05, 0.1) is 11.2 Å². The number of hydrogen-bond donors (Lipinski definition) is 0. The summed E-state index contributed by atoms with van der Waals surface area (Å²) in [6.07, 6.45) is 0.708. The lowest BCUT2D eigenvalue weighted by molar-refractivity contribution is 0.0656. The topological polar surface area (TPSA) is 82.2 Å². The smallest absolute Gasteiger partial charge is 0.253 e. The Bertz CT molecular complexity index is 1280. The van der Waals surface area contributed by atoms with Crippen LogP contribution >= 0.6 is 0 Å². The van der Waals surface area contributed by atoms with Gasteiger partial charge in [0.25, 0.3) is 11.5 Å². The van der Waals surface area contributed by atoms with Crippen LogP contribution in [0.4, 0.5) is 10.1 Å². The third kappa shape index (κ3) is 3.82. The normalized spacial score (nSPS) is 18.4. The number of hydrogen-bond acceptors (Lipinski definition) is 5. The summed E-state index contributed by atoms with van der Waals surface area (Å²) in [5.74, 6) is -0.397. The van der Waals surface area contributed by atoms with Crippen LogP contribution in [-0.2, 0) is 7.05 Å². The van der Waals surface area contributed by atoms with Crippen LogP contribution in [0.3, 0.4) is 0 Å². The van der Waals surface area contributed by atoms with Crippen molar-refractivity contribution in [3.8, 4) is 6.07 Å². The molecule has 1 saturated heterocycles. The van der Waals surface area contributed by atoms with E-state index >= 15 is 0 Å². The molecule has 0 aliphatic carbocycles. The zero-order valence-corrected chi connectivity index (χ0v) is 18.2. The molecule has 0 bridgehead atoms. The summed E-state index contributed by atoms with van der Waals surface area (Å²) in [7, 11) is 3.46. The molecule has 164 valence electrons. The van der Waals surface area contributed by atoms with E-state index < -0.39 is 0 Å². The van der Waals surface area contributed by atoms with Crippen LogP contribution in [-0.4, -0.2) is 46.5 Å². The van der Waals surface area contributed by atoms with Crippen LogP contribution in [0.5, 0.6) is 0 Å². The van der Waals surface area contributed by atoms with Crippen molar-refractivity contribution in [2.24, 2.45) is 13.0 Å². The largest absolute Gasteiger partial charge is 0.369 e. The minimum absolute atomic E-state index is 0.00393. The molecule has 1 fully saturated rings. The number of carbonyl (C=O) groups excluding carboxylic acids is 1. The molecule has 3 heterocycles. The van der Waals surface area contributed by atoms with Crippen LogP contribution in [0.1, 0.15) is 29.4 Å². The van der Waals surface area contributed by atoms with Crippen molar-refractivity contribution in [2.75, 3.05) is 25.0 Å². The number of nitriles is 1. The van der Waals surface area contributed by atoms with Gasteiger partial charge in [0.15, 0.2) is 0 Å². The monoisotopic (exact) mass is 433 g/mol. The number of aromatic nitrogens is 2. The Morgan fingerprint density at radius 2 is 1.97 bits per heavy atom. The number of piperidine rings is 1. The summed E-state index contributed by atoms with van der Waals surface area (Å²) in [5, 5.41) is 9.27. The highest BCUT2D eigenvalue weighted by Crippen LogP contribution is 2.30. The molecule has 0 saturated carbocycles. The number of anilines is 1. The van der Waals surface area contributed by atoms with Crippen LogP contribution in [0.15, 0.2) is 47.3 Å². The summed E-state index contributed by atoms with van der Waals surface area (Å²) >= 11 is 0. The third-order valence-corrected chi connectivity index (χ3v) is 6.29. The number of rotatable bonds is 3. The predicted octanol–water partition coefficient (Wildman–Crippen LogP) is 2.93. The van der Waals surface area contributed by atoms with E-state index in [0.717, 1.165) is 0 Å². The van der Waals surface area contributed by atoms with E-state index in [9.17, 15) is 19.2 Å². The van der Waals surface area contributed by atoms with Crippen molar-refractivity contribution in [3.63, 3.8) is 0 Å². The maximum absolute atomic E-state index is 13.2. The number of amides is 1. The Hall–Kier alpha value is -3.73. The van der Waals surface area contributed by atoms with Crippen molar-refractivity contribution in [1.82, 2.24) is 14.5 Å². The number of carbonyl (C=O) groups is 1. The van der Waals surface area contributed by atoms with Gasteiger partial charge in [-0.25, -0.2) is 9.37 Å². The first-order valence-corrected chi connectivity index (χ1v) is 10.5. The van der Waals surface area contributed by atoms with E-state index in [1.807, 2.05) is 0 Å². The van der Waals surface area contributed by atoms with Crippen LogP contribution in [0.2, 0.25) is 0 Å². The van der Waals surface area contributed by atoms with Gasteiger partial charge in [0, 0.05) is 44.9 Å². The van der Waals surface area contributed by atoms with Gasteiger partial charge in [-0.3, -0.25) is 9.59 Å². The first-order valence-electron chi connectivity index (χ1n) is 10.5. The molecule has 0 radical (unpaired) electrons. The van der Waals surface area contributed by atoms with Crippen molar-refractivity contribution in [3.05, 3.63) is 69.9 Å². The zero-order valence-electron chi connectivity index (χ0n) is 18.2. The molecular formula is C24H24FN5O2. The quantitative estimate of drug-likeness (QED) is 0.634. The second kappa shape index (κ2) is 8.42. The molecule has 1 aliphatic heterocycles. The highest BCUT2D eigenvalue weighted by molar-refractivity contribution is 5.94. The van der Waals surface area contributed by atoms with Crippen molar-refractivity contribution >= 4 is 22.6 Å². The Morgan fingerprint density at radius 3 is 2.62 bits per heavy atom. The number of pyridine rings is 2. The lowest BCUT2D eigenvalue weighted by Gasteiger charge is -2.42. The van der Waals surface area contributed by atoms with Gasteiger partial charge in [-0.2, -0.15) is 5.26 Å². The molecule has 2 atom stereocenters. The molecule has 0 spiro atoms. The maximum Gasteiger partial charge on any atom is 0.253 e. The predicted molar refractivity (Wildman–Crippen MR) is 120 cm³/mol. The lowest BCUT2D eigenvalue weighted by atomic mass is 9.91. The lowest BCUT2D eigenvalue weighted by Crippen LogP contribution is -2.51. The summed E-state index contributed by atoms with van der Waals surface area (Å²) in [4.78, 5) is 33.7. The summed E-state index contributed by atoms with van der Waals surface area (Å²) in [6, 6.07) is 12.6. The SMILES string of the molecule is C[C@H]1CN(c2cc(=O)n(C)c3ccc(C#N)nc23)CC[C@@H]1N(C)C(=O)c1ccc(F)cc1. The van der Waals surface area contributed by atoms with Crippen molar-refractivity contribution in [1.29, 1.82) is 5.26 Å². The fourth-order valence-electron chi connectivity index (χ4n) is 4.49. The van der Waals surface area contributed by atoms with E-state index in [1.54, 1.807) is 37.2 Å². The molecule has 7 nitrogen and oxygen atoms in total. The van der Waals surface area contributed by atoms with E-state index in [2.05, 4.69) is 22.9 Å². The zero-order chi connectivity index (χ0) is 23.0. The first-order chi connectivity index (χ1) is 15.3. The highest BCUT2D eigenvalue weighted by atomic mass is 19.1. The third-order valence-electron chi connectivity index (χ3n) is 6.29. The molecule has 1 amide bonds. The van der Waals surface area contributed by atoms with E-state index in [0.29, 0.717) is 47.5 Å². The Labute approximate surface area is 185 Å². The van der Waals surface area contributed by atoms with Gasteiger partial charge < -0.3 is 14.4 Å². The van der Waals surface area contributed by atoms with E-state index in [4.69, 9.17) is 0 Å². The van der Waals surface area contributed by atoms with Gasteiger partial charge in [0.2, 0.25) is 0 Å². The van der Waals surface area contributed by atoms with Crippen molar-refractivity contribution < 1.29 is 9.18 Å². The molecule has 0 N–H and O–H groups in total. The summed E-state index contributed by atoms with van der Waals surface area (Å²) in [6.45, 7) is 3.34. The first kappa shape index (κ1) is 21.5. The van der Waals surface area contributed by atoms with Gasteiger partial charge in [-0.1, -0.05) is 6.92 Å². The molecule has 4 rings (SSSR count). The average Bonchev–Trinajstić information content (AvgIpc) is 2.80. The fraction of sp³-hybridized carbons (Fsp3) is 0.333. The van der Waals surface area contributed by atoms with Gasteiger partial charge >= 0.3 is 0 Å². The fourth-order valence-corrected chi connectivity index (χ4v) is 4.49. The maximum atomic E-state index is 13.2. The molecule has 1 aromatic carbocycles. The molecule has 1 aliphatic rings. The standard InChI is InChI=1S/C24H24FN5O2/c1-15-14-30(11-10-19(15)29(3)24(32)16-4-6-17(25)7-5-16)21-12-22(31)28(2)20-9-8-18(13-26)27-23(20)21/h4-9,12,15,19H,10-11,14H2,1-3H3/t15-,19-/m0/s1. The number of benzene rings is 1. The minimum atomic E-state index is -0.375. The Morgan fingerprint density at radius 1 is 1.25 bits per heavy atom. The van der Waals surface area contributed by atoms with Crippen molar-refractivity contribution in [2.45, 2.75) is 19.4 Å². The average molecular weight is 433 g/mol. The van der Waals surface area contributed by atoms with Crippen LogP contribution < -0.4 is 10.5 Å². The molecule has 3 aromatic rings. The number of aryl methyl sites for hydroxylation is 1. The minimum Gasteiger partial charge on any atom is -0.369 e. The van der Waals surface area contributed by atoms with Crippen LogP contribution in [0, 0.1) is 23.1 Å². The van der Waals surface area contributed by atoms with Gasteiger partial charge in [-0.15, -0.1) is 0 Å². The Balaban J connectivity index is 1.60. The molecule has 2 aromatic heterocycles. The molecule has 32 heavy (non-hydrogen) atoms. The van der Waals surface area contributed by atoms with E-state index in [1.165, 1.54) is 28.8 Å². The summed E-state index contributed by atoms with van der Waals surface area (Å²) in [5.41, 5.74) is 2.60. The Kier molecular flexibility index (Phi) is 5.66. The number of fused-ring (bicyclic) bond motifs is 1. The second-order valence-electron chi connectivity index (χ2n) is 8.31.